The van der Waals surface area contributed by atoms with Crippen molar-refractivity contribution in [3.63, 3.8) is 0 Å². The lowest BCUT2D eigenvalue weighted by atomic mass is 10.1. The minimum Gasteiger partial charge on any atom is -0.383 e. The van der Waals surface area contributed by atoms with E-state index in [0.717, 1.165) is 0 Å². The highest BCUT2D eigenvalue weighted by atomic mass is 19.1. The molecule has 2 aromatic rings. The predicted octanol–water partition coefficient (Wildman–Crippen LogP) is 1.37. The summed E-state index contributed by atoms with van der Waals surface area (Å²) in [5.41, 5.74) is 12.3. The van der Waals surface area contributed by atoms with Gasteiger partial charge in [-0.15, -0.1) is 0 Å². The van der Waals surface area contributed by atoms with Gasteiger partial charge in [-0.1, -0.05) is 18.2 Å². The van der Waals surface area contributed by atoms with Gasteiger partial charge in [-0.25, -0.2) is 9.37 Å². The summed E-state index contributed by atoms with van der Waals surface area (Å²) in [5, 5.41) is 0. The first-order valence-electron chi connectivity index (χ1n) is 4.77. The van der Waals surface area contributed by atoms with Crippen LogP contribution in [0.2, 0.25) is 0 Å². The smallest absolute Gasteiger partial charge is 0.221 e. The fourth-order valence-electron chi connectivity index (χ4n) is 1.42. The lowest BCUT2D eigenvalue weighted by molar-refractivity contribution is 0.614. The van der Waals surface area contributed by atoms with E-state index in [1.807, 2.05) is 0 Å². The van der Waals surface area contributed by atoms with Gasteiger partial charge >= 0.3 is 0 Å². The summed E-state index contributed by atoms with van der Waals surface area (Å²) in [7, 11) is 0. The monoisotopic (exact) mass is 218 g/mol. The van der Waals surface area contributed by atoms with Gasteiger partial charge in [0.1, 0.15) is 11.6 Å². The molecule has 0 unspecified atom stereocenters. The van der Waals surface area contributed by atoms with E-state index in [9.17, 15) is 4.39 Å². The Labute approximate surface area is 92.1 Å². The normalized spacial score (nSPS) is 10.3. The Morgan fingerprint density at radius 1 is 1.12 bits per heavy atom. The maximum absolute atomic E-state index is 13.4. The topological polar surface area (TPSA) is 77.8 Å². The average molecular weight is 218 g/mol. The van der Waals surface area contributed by atoms with Crippen LogP contribution in [0.4, 0.5) is 16.2 Å². The lowest BCUT2D eigenvalue weighted by Gasteiger charge is -2.05. The van der Waals surface area contributed by atoms with E-state index < -0.39 is 0 Å². The highest BCUT2D eigenvalue weighted by molar-refractivity contribution is 5.44. The Hall–Kier alpha value is -2.17. The molecule has 0 spiro atoms. The number of anilines is 2. The first-order valence-corrected chi connectivity index (χ1v) is 4.77. The molecule has 1 aromatic heterocycles. The third-order valence-electron chi connectivity index (χ3n) is 2.26. The number of halogens is 1. The number of aromatic nitrogens is 2. The van der Waals surface area contributed by atoms with Crippen LogP contribution in [0.5, 0.6) is 0 Å². The summed E-state index contributed by atoms with van der Waals surface area (Å²) < 4.78 is 13.4. The number of hydrogen-bond donors (Lipinski definition) is 2. The van der Waals surface area contributed by atoms with Crippen LogP contribution < -0.4 is 11.5 Å². The van der Waals surface area contributed by atoms with Gasteiger partial charge in [0.05, 0.1) is 0 Å². The molecule has 0 aliphatic rings. The third kappa shape index (κ3) is 2.08. The molecule has 0 aliphatic heterocycles. The molecule has 0 bridgehead atoms. The average Bonchev–Trinajstić information content (AvgIpc) is 2.25. The second-order valence-electron chi connectivity index (χ2n) is 3.41. The number of rotatable bonds is 2. The summed E-state index contributed by atoms with van der Waals surface area (Å²) >= 11 is 0. The molecule has 1 heterocycles. The number of nitrogens with two attached hydrogens (primary N) is 2. The largest absolute Gasteiger partial charge is 0.383 e. The number of nitrogen functional groups attached to an aromatic ring is 2. The summed E-state index contributed by atoms with van der Waals surface area (Å²) in [6.45, 7) is 0. The van der Waals surface area contributed by atoms with Gasteiger partial charge in [-0.05, 0) is 11.6 Å². The van der Waals surface area contributed by atoms with Gasteiger partial charge in [0, 0.05) is 18.2 Å². The van der Waals surface area contributed by atoms with E-state index in [1.165, 1.54) is 12.3 Å². The molecule has 82 valence electrons. The van der Waals surface area contributed by atoms with Gasteiger partial charge < -0.3 is 11.5 Å². The molecule has 0 saturated carbocycles. The Morgan fingerprint density at radius 3 is 2.56 bits per heavy atom. The van der Waals surface area contributed by atoms with Crippen LogP contribution in [0.15, 0.2) is 30.5 Å². The lowest BCUT2D eigenvalue weighted by Crippen LogP contribution is -2.04. The van der Waals surface area contributed by atoms with Crippen molar-refractivity contribution < 1.29 is 4.39 Å². The molecule has 16 heavy (non-hydrogen) atoms. The molecular formula is C11H11FN4. The number of hydrogen-bond acceptors (Lipinski definition) is 4. The quantitative estimate of drug-likeness (QED) is 0.798. The van der Waals surface area contributed by atoms with E-state index in [1.54, 1.807) is 18.2 Å². The maximum Gasteiger partial charge on any atom is 0.221 e. The highest BCUT2D eigenvalue weighted by Gasteiger charge is 2.06. The van der Waals surface area contributed by atoms with Crippen molar-refractivity contribution >= 4 is 11.8 Å². The second kappa shape index (κ2) is 4.14. The molecule has 0 aliphatic carbocycles. The maximum atomic E-state index is 13.4. The SMILES string of the molecule is Nc1ncc(Cc2ccccc2F)c(N)n1. The van der Waals surface area contributed by atoms with E-state index in [-0.39, 0.29) is 17.6 Å². The molecule has 0 fully saturated rings. The Balaban J connectivity index is 2.31. The van der Waals surface area contributed by atoms with Crippen molar-refractivity contribution in [2.24, 2.45) is 0 Å². The van der Waals surface area contributed by atoms with E-state index >= 15 is 0 Å². The molecule has 1 aromatic carbocycles. The van der Waals surface area contributed by atoms with Gasteiger partial charge in [0.2, 0.25) is 5.95 Å². The summed E-state index contributed by atoms with van der Waals surface area (Å²) in [6, 6.07) is 6.52. The van der Waals surface area contributed by atoms with Crippen molar-refractivity contribution in [2.45, 2.75) is 6.42 Å². The number of nitrogens with zero attached hydrogens (tertiary/aromatic N) is 2. The van der Waals surface area contributed by atoms with Crippen LogP contribution in [-0.4, -0.2) is 9.97 Å². The first kappa shape index (κ1) is 10.4. The standard InChI is InChI=1S/C11H11FN4/c12-9-4-2-1-3-7(9)5-8-6-15-11(14)16-10(8)13/h1-4,6H,5H2,(H4,13,14,15,16). The number of benzene rings is 1. The van der Waals surface area contributed by atoms with Crippen LogP contribution in [0.25, 0.3) is 0 Å². The molecular weight excluding hydrogens is 207 g/mol. The van der Waals surface area contributed by atoms with Crippen molar-refractivity contribution in [3.05, 3.63) is 47.4 Å². The molecule has 5 heteroatoms. The van der Waals surface area contributed by atoms with Crippen molar-refractivity contribution in [2.75, 3.05) is 11.5 Å². The Kier molecular flexibility index (Phi) is 2.68. The van der Waals surface area contributed by atoms with E-state index in [0.29, 0.717) is 17.5 Å². The zero-order valence-corrected chi connectivity index (χ0v) is 8.52. The summed E-state index contributed by atoms with van der Waals surface area (Å²) in [4.78, 5) is 7.65. The molecule has 0 atom stereocenters. The predicted molar refractivity (Wildman–Crippen MR) is 60.1 cm³/mol. The summed E-state index contributed by atoms with van der Waals surface area (Å²) in [6.07, 6.45) is 1.88. The Morgan fingerprint density at radius 2 is 1.88 bits per heavy atom. The van der Waals surface area contributed by atoms with Crippen LogP contribution in [-0.2, 0) is 6.42 Å². The fraction of sp³-hybridized carbons (Fsp3) is 0.0909. The van der Waals surface area contributed by atoms with Crippen molar-refractivity contribution in [1.29, 1.82) is 0 Å². The molecule has 4 nitrogen and oxygen atoms in total. The summed E-state index contributed by atoms with van der Waals surface area (Å²) in [5.74, 6) is 0.143. The molecule has 0 amide bonds. The zero-order chi connectivity index (χ0) is 11.5. The minimum atomic E-state index is -0.265. The van der Waals surface area contributed by atoms with Crippen molar-refractivity contribution in [1.82, 2.24) is 9.97 Å². The van der Waals surface area contributed by atoms with Gasteiger partial charge in [-0.2, -0.15) is 4.98 Å². The van der Waals surface area contributed by atoms with Crippen LogP contribution in [0, 0.1) is 5.82 Å². The van der Waals surface area contributed by atoms with Gasteiger partial charge in [0.25, 0.3) is 0 Å². The highest BCUT2D eigenvalue weighted by Crippen LogP contribution is 2.16. The first-order chi connectivity index (χ1) is 7.66. The minimum absolute atomic E-state index is 0.120. The third-order valence-corrected chi connectivity index (χ3v) is 2.26. The van der Waals surface area contributed by atoms with E-state index in [2.05, 4.69) is 9.97 Å². The van der Waals surface area contributed by atoms with Gasteiger partial charge in [0.15, 0.2) is 0 Å². The zero-order valence-electron chi connectivity index (χ0n) is 8.52. The fourth-order valence-corrected chi connectivity index (χ4v) is 1.42. The van der Waals surface area contributed by atoms with Crippen LogP contribution in [0.1, 0.15) is 11.1 Å². The van der Waals surface area contributed by atoms with Crippen LogP contribution in [0.3, 0.4) is 0 Å². The molecule has 4 N–H and O–H groups in total. The molecule has 2 rings (SSSR count). The molecule has 0 saturated heterocycles. The van der Waals surface area contributed by atoms with Crippen LogP contribution >= 0.6 is 0 Å². The second-order valence-corrected chi connectivity index (χ2v) is 3.41. The Bertz CT molecular complexity index is 513. The molecule has 0 radical (unpaired) electrons. The van der Waals surface area contributed by atoms with Gasteiger partial charge in [-0.3, -0.25) is 0 Å². The van der Waals surface area contributed by atoms with Crippen molar-refractivity contribution in [3.8, 4) is 0 Å². The van der Waals surface area contributed by atoms with E-state index in [4.69, 9.17) is 11.5 Å².